The topological polar surface area (TPSA) is 63.9 Å². The number of benzene rings is 2. The van der Waals surface area contributed by atoms with Crippen LogP contribution < -0.4 is 4.90 Å². The number of thioether (sulfide) groups is 1. The third-order valence-electron chi connectivity index (χ3n) is 4.00. The van der Waals surface area contributed by atoms with E-state index in [1.807, 2.05) is 63.2 Å². The molecule has 0 aliphatic carbocycles. The number of amides is 1. The summed E-state index contributed by atoms with van der Waals surface area (Å²) in [6.45, 7) is 5.94. The summed E-state index contributed by atoms with van der Waals surface area (Å²) in [6, 6.07) is 15.7. The summed E-state index contributed by atoms with van der Waals surface area (Å²) in [4.78, 5) is 14.4. The van der Waals surface area contributed by atoms with Gasteiger partial charge in [-0.1, -0.05) is 36.0 Å². The van der Waals surface area contributed by atoms with E-state index < -0.39 is 0 Å². The van der Waals surface area contributed by atoms with Gasteiger partial charge in [-0.25, -0.2) is 0 Å². The van der Waals surface area contributed by atoms with Crippen LogP contribution in [0.3, 0.4) is 0 Å². The van der Waals surface area contributed by atoms with Gasteiger partial charge in [0, 0.05) is 12.7 Å². The Labute approximate surface area is 157 Å². The van der Waals surface area contributed by atoms with Crippen LogP contribution in [0.4, 0.5) is 5.69 Å². The summed E-state index contributed by atoms with van der Waals surface area (Å²) in [5, 5.41) is 12.3. The van der Waals surface area contributed by atoms with E-state index in [2.05, 4.69) is 21.6 Å². The highest BCUT2D eigenvalue weighted by Crippen LogP contribution is 2.26. The maximum atomic E-state index is 12.8. The molecule has 3 rings (SSSR count). The first-order valence-corrected chi connectivity index (χ1v) is 9.20. The van der Waals surface area contributed by atoms with Crippen LogP contribution in [0, 0.1) is 13.8 Å². The third-order valence-corrected chi connectivity index (χ3v) is 5.02. The van der Waals surface area contributed by atoms with Crippen LogP contribution in [0.25, 0.3) is 5.69 Å². The molecule has 0 N–H and O–H groups in total. The minimum absolute atomic E-state index is 0.00354. The van der Waals surface area contributed by atoms with E-state index in [1.54, 1.807) is 16.6 Å². The van der Waals surface area contributed by atoms with Gasteiger partial charge in [0.15, 0.2) is 0 Å². The second kappa shape index (κ2) is 7.70. The highest BCUT2D eigenvalue weighted by Gasteiger charge is 2.23. The van der Waals surface area contributed by atoms with Gasteiger partial charge in [0.1, 0.15) is 0 Å². The molecule has 1 aromatic heterocycles. The van der Waals surface area contributed by atoms with Crippen molar-refractivity contribution in [3.63, 3.8) is 0 Å². The van der Waals surface area contributed by atoms with Crippen molar-refractivity contribution in [3.05, 3.63) is 59.7 Å². The van der Waals surface area contributed by atoms with Crippen molar-refractivity contribution in [2.45, 2.75) is 31.2 Å². The van der Waals surface area contributed by atoms with Crippen molar-refractivity contribution < 1.29 is 4.79 Å². The molecule has 0 unspecified atom stereocenters. The lowest BCUT2D eigenvalue weighted by Gasteiger charge is -2.20. The van der Waals surface area contributed by atoms with E-state index in [0.717, 1.165) is 22.5 Å². The Morgan fingerprint density at radius 2 is 1.77 bits per heavy atom. The van der Waals surface area contributed by atoms with E-state index in [-0.39, 0.29) is 11.2 Å². The first-order valence-electron chi connectivity index (χ1n) is 8.32. The summed E-state index contributed by atoms with van der Waals surface area (Å²) in [6.07, 6.45) is 0. The largest absolute Gasteiger partial charge is 0.315 e. The molecule has 0 bridgehead atoms. The van der Waals surface area contributed by atoms with Crippen LogP contribution in [0.15, 0.2) is 53.7 Å². The van der Waals surface area contributed by atoms with Crippen molar-refractivity contribution in [1.82, 2.24) is 20.2 Å². The van der Waals surface area contributed by atoms with E-state index in [4.69, 9.17) is 0 Å². The zero-order chi connectivity index (χ0) is 18.7. The van der Waals surface area contributed by atoms with Crippen LogP contribution in [0.5, 0.6) is 0 Å². The number of hydrogen-bond donors (Lipinski definition) is 0. The van der Waals surface area contributed by atoms with Crippen molar-refractivity contribution in [2.75, 3.05) is 11.9 Å². The maximum Gasteiger partial charge on any atom is 0.240 e. The average Bonchev–Trinajstić information content (AvgIpc) is 3.08. The normalized spacial score (nSPS) is 12.0. The first kappa shape index (κ1) is 18.1. The number of carbonyl (C=O) groups is 1. The molecule has 7 heteroatoms. The van der Waals surface area contributed by atoms with Crippen LogP contribution in [0.2, 0.25) is 0 Å². The summed E-state index contributed by atoms with van der Waals surface area (Å²) >= 11 is 1.35. The monoisotopic (exact) mass is 367 g/mol. The van der Waals surface area contributed by atoms with E-state index in [1.165, 1.54) is 11.8 Å². The van der Waals surface area contributed by atoms with Gasteiger partial charge >= 0.3 is 0 Å². The van der Waals surface area contributed by atoms with Crippen molar-refractivity contribution in [1.29, 1.82) is 0 Å². The summed E-state index contributed by atoms with van der Waals surface area (Å²) in [5.41, 5.74) is 4.03. The predicted molar refractivity (Wildman–Crippen MR) is 104 cm³/mol. The van der Waals surface area contributed by atoms with E-state index in [0.29, 0.717) is 5.16 Å². The number of rotatable bonds is 5. The lowest BCUT2D eigenvalue weighted by molar-refractivity contribution is -0.117. The average molecular weight is 367 g/mol. The number of carbonyl (C=O) groups excluding carboxylic acids is 1. The number of aryl methyl sites for hydroxylation is 2. The fourth-order valence-corrected chi connectivity index (χ4v) is 3.65. The van der Waals surface area contributed by atoms with Crippen molar-refractivity contribution in [3.8, 4) is 5.69 Å². The van der Waals surface area contributed by atoms with Crippen LogP contribution >= 0.6 is 11.8 Å². The standard InChI is InChI=1S/C19H21N5OS/c1-13-10-14(2)12-17(11-13)24-19(20-21-22-24)26-15(3)18(25)23(4)16-8-6-5-7-9-16/h5-12,15H,1-4H3/t15-/m1/s1. The number of tetrazole rings is 1. The molecule has 1 amide bonds. The molecule has 0 saturated heterocycles. The quantitative estimate of drug-likeness (QED) is 0.647. The molecule has 0 aliphatic heterocycles. The van der Waals surface area contributed by atoms with Gasteiger partial charge in [0.25, 0.3) is 0 Å². The highest BCUT2D eigenvalue weighted by atomic mass is 32.2. The van der Waals surface area contributed by atoms with Gasteiger partial charge in [-0.2, -0.15) is 4.68 Å². The van der Waals surface area contributed by atoms with Crippen LogP contribution in [-0.4, -0.2) is 38.4 Å². The Hall–Kier alpha value is -2.67. The van der Waals surface area contributed by atoms with Gasteiger partial charge in [-0.15, -0.1) is 5.10 Å². The maximum absolute atomic E-state index is 12.8. The molecule has 1 heterocycles. The molecule has 0 aliphatic rings. The molecule has 0 fully saturated rings. The number of nitrogens with zero attached hydrogens (tertiary/aromatic N) is 5. The molecule has 6 nitrogen and oxygen atoms in total. The molecular formula is C19H21N5OS. The number of anilines is 1. The lowest BCUT2D eigenvalue weighted by atomic mass is 10.1. The Morgan fingerprint density at radius 1 is 1.12 bits per heavy atom. The van der Waals surface area contributed by atoms with E-state index in [9.17, 15) is 4.79 Å². The molecule has 134 valence electrons. The second-order valence-electron chi connectivity index (χ2n) is 6.21. The van der Waals surface area contributed by atoms with Crippen molar-refractivity contribution >= 4 is 23.4 Å². The second-order valence-corrected chi connectivity index (χ2v) is 7.52. The van der Waals surface area contributed by atoms with Gasteiger partial charge in [0.2, 0.25) is 11.1 Å². The van der Waals surface area contributed by atoms with Crippen molar-refractivity contribution in [2.24, 2.45) is 0 Å². The predicted octanol–water partition coefficient (Wildman–Crippen LogP) is 3.42. The van der Waals surface area contributed by atoms with Gasteiger partial charge in [-0.05, 0) is 66.6 Å². The minimum Gasteiger partial charge on any atom is -0.315 e. The van der Waals surface area contributed by atoms with E-state index >= 15 is 0 Å². The van der Waals surface area contributed by atoms with Gasteiger partial charge in [0.05, 0.1) is 10.9 Å². The zero-order valence-corrected chi connectivity index (χ0v) is 16.1. The molecular weight excluding hydrogens is 346 g/mol. The van der Waals surface area contributed by atoms with Crippen LogP contribution in [-0.2, 0) is 4.79 Å². The first-order chi connectivity index (χ1) is 12.5. The molecule has 0 radical (unpaired) electrons. The molecule has 1 atom stereocenters. The minimum atomic E-state index is -0.323. The number of aromatic nitrogens is 4. The summed E-state index contributed by atoms with van der Waals surface area (Å²) < 4.78 is 1.68. The third kappa shape index (κ3) is 3.94. The lowest BCUT2D eigenvalue weighted by Crippen LogP contribution is -2.33. The number of hydrogen-bond acceptors (Lipinski definition) is 5. The Balaban J connectivity index is 1.79. The molecule has 26 heavy (non-hydrogen) atoms. The Morgan fingerprint density at radius 3 is 2.42 bits per heavy atom. The summed E-state index contributed by atoms with van der Waals surface area (Å²) in [5.74, 6) is -0.00354. The molecule has 2 aromatic carbocycles. The van der Waals surface area contributed by atoms with Gasteiger partial charge in [-0.3, -0.25) is 4.79 Å². The SMILES string of the molecule is Cc1cc(C)cc(-n2nnnc2S[C@H](C)C(=O)N(C)c2ccccc2)c1. The fraction of sp³-hybridized carbons (Fsp3) is 0.263. The Kier molecular flexibility index (Phi) is 5.37. The molecule has 3 aromatic rings. The summed E-state index contributed by atoms with van der Waals surface area (Å²) in [7, 11) is 1.78. The molecule has 0 saturated carbocycles. The smallest absolute Gasteiger partial charge is 0.240 e. The van der Waals surface area contributed by atoms with Crippen LogP contribution in [0.1, 0.15) is 18.1 Å². The van der Waals surface area contributed by atoms with Gasteiger partial charge < -0.3 is 4.90 Å². The fourth-order valence-electron chi connectivity index (χ4n) is 2.75. The molecule has 0 spiro atoms. The number of para-hydroxylation sites is 1. The Bertz CT molecular complexity index is 889. The zero-order valence-electron chi connectivity index (χ0n) is 15.2. The highest BCUT2D eigenvalue weighted by molar-refractivity contribution is 8.00.